The maximum Gasteiger partial charge on any atom is 0.256 e. The molecule has 134 valence electrons. The van der Waals surface area contributed by atoms with Gasteiger partial charge in [-0.1, -0.05) is 12.1 Å². The second-order valence-corrected chi connectivity index (χ2v) is 7.47. The predicted molar refractivity (Wildman–Crippen MR) is 95.7 cm³/mol. The van der Waals surface area contributed by atoms with Gasteiger partial charge < -0.3 is 19.3 Å². The number of hydrogen-bond donors (Lipinski definition) is 1. The van der Waals surface area contributed by atoms with E-state index in [1.165, 1.54) is 17.6 Å². The van der Waals surface area contributed by atoms with E-state index in [-0.39, 0.29) is 24.1 Å². The number of ether oxygens (including phenoxy) is 1. The number of aromatic nitrogens is 1. The summed E-state index contributed by atoms with van der Waals surface area (Å²) >= 11 is 1.59. The number of aliphatic hydroxyl groups is 1. The zero-order chi connectivity index (χ0) is 18.0. The molecule has 3 heterocycles. The molecule has 0 spiro atoms. The van der Waals surface area contributed by atoms with Gasteiger partial charge in [0.05, 0.1) is 19.7 Å². The van der Waals surface area contributed by atoms with Crippen LogP contribution in [0.3, 0.4) is 0 Å². The van der Waals surface area contributed by atoms with Crippen LogP contribution >= 0.6 is 11.3 Å². The van der Waals surface area contributed by atoms with Crippen LogP contribution < -0.4 is 5.56 Å². The number of pyridine rings is 1. The molecule has 1 aliphatic heterocycles. The van der Waals surface area contributed by atoms with Crippen molar-refractivity contribution in [3.8, 4) is 0 Å². The first-order valence-electron chi connectivity index (χ1n) is 8.22. The number of nitrogens with zero attached hydrogens (tertiary/aromatic N) is 2. The fourth-order valence-corrected chi connectivity index (χ4v) is 3.79. The van der Waals surface area contributed by atoms with Gasteiger partial charge in [0, 0.05) is 23.2 Å². The summed E-state index contributed by atoms with van der Waals surface area (Å²) in [6.45, 7) is 4.43. The van der Waals surface area contributed by atoms with Gasteiger partial charge in [-0.15, -0.1) is 11.3 Å². The number of thiophene rings is 1. The van der Waals surface area contributed by atoms with Gasteiger partial charge in [0.2, 0.25) is 0 Å². The molecule has 6 nitrogen and oxygen atoms in total. The topological polar surface area (TPSA) is 71.8 Å². The summed E-state index contributed by atoms with van der Waals surface area (Å²) in [7, 11) is 0. The second kappa shape index (κ2) is 7.11. The third kappa shape index (κ3) is 3.84. The number of carbonyl (C=O) groups excluding carboxylic acids is 1. The van der Waals surface area contributed by atoms with Gasteiger partial charge in [0.1, 0.15) is 6.10 Å². The summed E-state index contributed by atoms with van der Waals surface area (Å²) in [5, 5.41) is 12.7. The molecular weight excluding hydrogens is 340 g/mol. The molecule has 0 radical (unpaired) electrons. The van der Waals surface area contributed by atoms with Crippen LogP contribution in [-0.4, -0.2) is 45.8 Å². The van der Waals surface area contributed by atoms with Gasteiger partial charge in [-0.25, -0.2) is 0 Å². The SMILES string of the molecule is Cc1cccc(=O)n1CC(C)(O)C(=O)N1CCOC(c2cccs2)C1. The lowest BCUT2D eigenvalue weighted by atomic mass is 10.0. The van der Waals surface area contributed by atoms with E-state index in [9.17, 15) is 14.7 Å². The van der Waals surface area contributed by atoms with E-state index in [0.717, 1.165) is 4.88 Å². The highest BCUT2D eigenvalue weighted by Gasteiger charge is 2.38. The first-order chi connectivity index (χ1) is 11.9. The van der Waals surface area contributed by atoms with Gasteiger partial charge in [-0.3, -0.25) is 9.59 Å². The van der Waals surface area contributed by atoms with Crippen LogP contribution in [0.15, 0.2) is 40.5 Å². The van der Waals surface area contributed by atoms with Crippen LogP contribution in [0.2, 0.25) is 0 Å². The number of amides is 1. The van der Waals surface area contributed by atoms with E-state index in [2.05, 4.69) is 0 Å². The Morgan fingerprint density at radius 1 is 1.40 bits per heavy atom. The first-order valence-corrected chi connectivity index (χ1v) is 9.10. The summed E-state index contributed by atoms with van der Waals surface area (Å²) in [6.07, 6.45) is -0.172. The Balaban J connectivity index is 1.75. The number of carbonyl (C=O) groups is 1. The highest BCUT2D eigenvalue weighted by Crippen LogP contribution is 2.27. The van der Waals surface area contributed by atoms with Crippen molar-refractivity contribution in [2.45, 2.75) is 32.1 Å². The summed E-state index contributed by atoms with van der Waals surface area (Å²) < 4.78 is 7.18. The summed E-state index contributed by atoms with van der Waals surface area (Å²) in [4.78, 5) is 27.6. The minimum atomic E-state index is -1.66. The molecule has 1 aliphatic rings. The normalized spacial score (nSPS) is 20.3. The average molecular weight is 362 g/mol. The minimum Gasteiger partial charge on any atom is -0.378 e. The minimum absolute atomic E-state index is 0.0711. The summed E-state index contributed by atoms with van der Waals surface area (Å²) in [5.41, 5.74) is -1.18. The van der Waals surface area contributed by atoms with Crippen LogP contribution in [0.4, 0.5) is 0 Å². The molecule has 0 saturated carbocycles. The Bertz CT molecular complexity index is 798. The van der Waals surface area contributed by atoms with E-state index in [0.29, 0.717) is 25.4 Å². The monoisotopic (exact) mass is 362 g/mol. The van der Waals surface area contributed by atoms with Crippen molar-refractivity contribution in [1.82, 2.24) is 9.47 Å². The lowest BCUT2D eigenvalue weighted by Gasteiger charge is -2.37. The first kappa shape index (κ1) is 17.8. The van der Waals surface area contributed by atoms with Gasteiger partial charge in [0.25, 0.3) is 11.5 Å². The van der Waals surface area contributed by atoms with Gasteiger partial charge in [-0.05, 0) is 31.4 Å². The lowest BCUT2D eigenvalue weighted by Crippen LogP contribution is -2.54. The van der Waals surface area contributed by atoms with Crippen LogP contribution in [0.25, 0.3) is 0 Å². The molecule has 2 atom stereocenters. The standard InChI is InChI=1S/C18H22N2O4S/c1-13-5-3-7-16(21)20(13)12-18(2,23)17(22)19-8-9-24-14(11-19)15-6-4-10-25-15/h3-7,10,14,23H,8-9,11-12H2,1-2H3. The molecule has 1 saturated heterocycles. The molecule has 0 bridgehead atoms. The molecule has 2 aromatic heterocycles. The number of hydrogen-bond acceptors (Lipinski definition) is 5. The average Bonchev–Trinajstić information content (AvgIpc) is 3.12. The van der Waals surface area contributed by atoms with Crippen molar-refractivity contribution in [2.75, 3.05) is 19.7 Å². The van der Waals surface area contributed by atoms with E-state index >= 15 is 0 Å². The molecule has 2 unspecified atom stereocenters. The van der Waals surface area contributed by atoms with E-state index < -0.39 is 5.60 Å². The third-order valence-electron chi connectivity index (χ3n) is 4.41. The maximum absolute atomic E-state index is 12.9. The van der Waals surface area contributed by atoms with Gasteiger partial charge in [0.15, 0.2) is 5.60 Å². The Labute approximate surface area is 150 Å². The fourth-order valence-electron chi connectivity index (χ4n) is 3.02. The summed E-state index contributed by atoms with van der Waals surface area (Å²) in [6, 6.07) is 8.80. The Morgan fingerprint density at radius 2 is 2.20 bits per heavy atom. The third-order valence-corrected chi connectivity index (χ3v) is 5.37. The highest BCUT2D eigenvalue weighted by atomic mass is 32.1. The maximum atomic E-state index is 12.9. The Morgan fingerprint density at radius 3 is 2.88 bits per heavy atom. The molecular formula is C18H22N2O4S. The number of aryl methyl sites for hydroxylation is 1. The summed E-state index contributed by atoms with van der Waals surface area (Å²) in [5.74, 6) is -0.382. The molecule has 25 heavy (non-hydrogen) atoms. The van der Waals surface area contributed by atoms with Gasteiger partial charge >= 0.3 is 0 Å². The Kier molecular flexibility index (Phi) is 5.08. The molecule has 1 amide bonds. The van der Waals surface area contributed by atoms with E-state index in [1.807, 2.05) is 17.5 Å². The predicted octanol–water partition coefficient (Wildman–Crippen LogP) is 1.57. The fraction of sp³-hybridized carbons (Fsp3) is 0.444. The van der Waals surface area contributed by atoms with Crippen LogP contribution in [0, 0.1) is 6.92 Å². The molecule has 7 heteroatoms. The van der Waals surface area contributed by atoms with Crippen molar-refractivity contribution in [1.29, 1.82) is 0 Å². The Hall–Kier alpha value is -1.96. The molecule has 0 aliphatic carbocycles. The lowest BCUT2D eigenvalue weighted by molar-refractivity contribution is -0.158. The molecule has 2 aromatic rings. The van der Waals surface area contributed by atoms with Crippen molar-refractivity contribution in [3.05, 3.63) is 56.6 Å². The molecule has 0 aromatic carbocycles. The smallest absolute Gasteiger partial charge is 0.256 e. The zero-order valence-electron chi connectivity index (χ0n) is 14.3. The molecule has 3 rings (SSSR count). The van der Waals surface area contributed by atoms with Crippen LogP contribution in [0.1, 0.15) is 23.6 Å². The van der Waals surface area contributed by atoms with E-state index in [4.69, 9.17) is 4.74 Å². The molecule has 1 fully saturated rings. The zero-order valence-corrected chi connectivity index (χ0v) is 15.2. The highest BCUT2D eigenvalue weighted by molar-refractivity contribution is 7.10. The number of rotatable bonds is 4. The largest absolute Gasteiger partial charge is 0.378 e. The van der Waals surface area contributed by atoms with Crippen LogP contribution in [0.5, 0.6) is 0 Å². The van der Waals surface area contributed by atoms with Crippen LogP contribution in [-0.2, 0) is 16.1 Å². The van der Waals surface area contributed by atoms with Gasteiger partial charge in [-0.2, -0.15) is 0 Å². The van der Waals surface area contributed by atoms with E-state index in [1.54, 1.807) is 35.3 Å². The van der Waals surface area contributed by atoms with Crippen molar-refractivity contribution in [2.24, 2.45) is 0 Å². The molecule has 1 N–H and O–H groups in total. The van der Waals surface area contributed by atoms with Crippen molar-refractivity contribution in [3.63, 3.8) is 0 Å². The van der Waals surface area contributed by atoms with Crippen molar-refractivity contribution < 1.29 is 14.6 Å². The number of morpholine rings is 1. The quantitative estimate of drug-likeness (QED) is 0.896. The van der Waals surface area contributed by atoms with Crippen molar-refractivity contribution >= 4 is 17.2 Å². The second-order valence-electron chi connectivity index (χ2n) is 6.49.